The van der Waals surface area contributed by atoms with E-state index in [-0.39, 0.29) is 18.4 Å². The van der Waals surface area contributed by atoms with Crippen molar-refractivity contribution in [1.82, 2.24) is 5.32 Å². The first-order valence-corrected chi connectivity index (χ1v) is 6.70. The Morgan fingerprint density at radius 3 is 2.78 bits per heavy atom. The first kappa shape index (κ1) is 13.1. The van der Waals surface area contributed by atoms with Crippen LogP contribution in [0.25, 0.3) is 0 Å². The van der Waals surface area contributed by atoms with Crippen molar-refractivity contribution in [2.75, 3.05) is 6.61 Å². The molecule has 4 nitrogen and oxygen atoms in total. The molecule has 1 aliphatic carbocycles. The molecule has 1 aromatic heterocycles. The van der Waals surface area contributed by atoms with Crippen molar-refractivity contribution in [3.63, 3.8) is 0 Å². The predicted octanol–water partition coefficient (Wildman–Crippen LogP) is 2.08. The van der Waals surface area contributed by atoms with Crippen LogP contribution in [0.3, 0.4) is 0 Å². The fourth-order valence-electron chi connectivity index (χ4n) is 2.63. The van der Waals surface area contributed by atoms with E-state index in [1.807, 2.05) is 12.1 Å². The number of furan rings is 1. The van der Waals surface area contributed by atoms with Crippen LogP contribution in [-0.4, -0.2) is 17.6 Å². The number of carbonyl (C=O) groups is 1. The highest BCUT2D eigenvalue weighted by Gasteiger charge is 2.25. The van der Waals surface area contributed by atoms with E-state index in [0.717, 1.165) is 37.9 Å². The Labute approximate surface area is 107 Å². The lowest BCUT2D eigenvalue weighted by atomic mass is 9.80. The second-order valence-electron chi connectivity index (χ2n) is 5.03. The van der Waals surface area contributed by atoms with E-state index in [0.29, 0.717) is 12.5 Å². The summed E-state index contributed by atoms with van der Waals surface area (Å²) in [5, 5.41) is 11.8. The van der Waals surface area contributed by atoms with Crippen LogP contribution >= 0.6 is 0 Å². The zero-order chi connectivity index (χ0) is 12.8. The van der Waals surface area contributed by atoms with E-state index in [9.17, 15) is 4.79 Å². The molecule has 0 saturated heterocycles. The van der Waals surface area contributed by atoms with Crippen LogP contribution in [0, 0.1) is 11.8 Å². The molecule has 0 unspecified atom stereocenters. The van der Waals surface area contributed by atoms with Crippen LogP contribution in [0.15, 0.2) is 22.8 Å². The predicted molar refractivity (Wildman–Crippen MR) is 67.7 cm³/mol. The molecule has 1 heterocycles. The van der Waals surface area contributed by atoms with Crippen molar-refractivity contribution in [3.05, 3.63) is 24.2 Å². The van der Waals surface area contributed by atoms with E-state index >= 15 is 0 Å². The van der Waals surface area contributed by atoms with Gasteiger partial charge in [-0.1, -0.05) is 0 Å². The van der Waals surface area contributed by atoms with Gasteiger partial charge in [0.1, 0.15) is 5.76 Å². The average Bonchev–Trinajstić information content (AvgIpc) is 2.90. The summed E-state index contributed by atoms with van der Waals surface area (Å²) >= 11 is 0. The van der Waals surface area contributed by atoms with Crippen molar-refractivity contribution in [2.45, 2.75) is 38.6 Å². The largest absolute Gasteiger partial charge is 0.467 e. The van der Waals surface area contributed by atoms with Crippen LogP contribution in [-0.2, 0) is 11.3 Å². The third-order valence-corrected chi connectivity index (χ3v) is 3.77. The Morgan fingerprint density at radius 1 is 1.39 bits per heavy atom. The first-order valence-electron chi connectivity index (χ1n) is 6.70. The van der Waals surface area contributed by atoms with Crippen molar-refractivity contribution in [3.8, 4) is 0 Å². The highest BCUT2D eigenvalue weighted by atomic mass is 16.3. The molecule has 0 atom stereocenters. The van der Waals surface area contributed by atoms with Gasteiger partial charge in [0, 0.05) is 12.5 Å². The summed E-state index contributed by atoms with van der Waals surface area (Å²) < 4.78 is 5.18. The number of hydrogen-bond donors (Lipinski definition) is 2. The van der Waals surface area contributed by atoms with Gasteiger partial charge in [-0.05, 0) is 50.2 Å². The molecule has 0 radical (unpaired) electrons. The highest BCUT2D eigenvalue weighted by molar-refractivity contribution is 5.78. The monoisotopic (exact) mass is 251 g/mol. The zero-order valence-corrected chi connectivity index (χ0v) is 10.6. The summed E-state index contributed by atoms with van der Waals surface area (Å²) in [7, 11) is 0. The van der Waals surface area contributed by atoms with E-state index < -0.39 is 0 Å². The fraction of sp³-hybridized carbons (Fsp3) is 0.643. The molecule has 18 heavy (non-hydrogen) atoms. The van der Waals surface area contributed by atoms with Gasteiger partial charge in [-0.15, -0.1) is 0 Å². The maximum atomic E-state index is 12.0. The van der Waals surface area contributed by atoms with Gasteiger partial charge in [0.2, 0.25) is 5.91 Å². The fourth-order valence-corrected chi connectivity index (χ4v) is 2.63. The summed E-state index contributed by atoms with van der Waals surface area (Å²) in [5.41, 5.74) is 0. The minimum Gasteiger partial charge on any atom is -0.467 e. The molecule has 1 fully saturated rings. The lowest BCUT2D eigenvalue weighted by Crippen LogP contribution is -2.32. The summed E-state index contributed by atoms with van der Waals surface area (Å²) in [5.74, 6) is 1.66. The standard InChI is InChI=1S/C14H21NO3/c16-8-7-11-3-5-12(6-4-11)14(17)15-10-13-2-1-9-18-13/h1-2,9,11-12,16H,3-8,10H2,(H,15,17). The van der Waals surface area contributed by atoms with Crippen molar-refractivity contribution < 1.29 is 14.3 Å². The number of carbonyl (C=O) groups excluding carboxylic acids is 1. The van der Waals surface area contributed by atoms with Gasteiger partial charge < -0.3 is 14.8 Å². The van der Waals surface area contributed by atoms with Crippen LogP contribution in [0.2, 0.25) is 0 Å². The van der Waals surface area contributed by atoms with Gasteiger partial charge in [0.15, 0.2) is 0 Å². The zero-order valence-electron chi connectivity index (χ0n) is 10.6. The van der Waals surface area contributed by atoms with Crippen molar-refractivity contribution >= 4 is 5.91 Å². The van der Waals surface area contributed by atoms with Gasteiger partial charge in [-0.2, -0.15) is 0 Å². The quantitative estimate of drug-likeness (QED) is 0.842. The Kier molecular flexibility index (Phi) is 4.81. The number of nitrogens with one attached hydrogen (secondary N) is 1. The van der Waals surface area contributed by atoms with E-state index in [2.05, 4.69) is 5.32 Å². The number of aliphatic hydroxyl groups is 1. The smallest absolute Gasteiger partial charge is 0.223 e. The van der Waals surface area contributed by atoms with E-state index in [1.165, 1.54) is 0 Å². The molecule has 2 N–H and O–H groups in total. The molecule has 0 spiro atoms. The van der Waals surface area contributed by atoms with Crippen LogP contribution in [0.5, 0.6) is 0 Å². The lowest BCUT2D eigenvalue weighted by molar-refractivity contribution is -0.126. The summed E-state index contributed by atoms with van der Waals surface area (Å²) in [6, 6.07) is 3.68. The molecule has 0 bridgehead atoms. The van der Waals surface area contributed by atoms with E-state index in [4.69, 9.17) is 9.52 Å². The molecule has 0 aliphatic heterocycles. The topological polar surface area (TPSA) is 62.5 Å². The number of aliphatic hydroxyl groups excluding tert-OH is 1. The Hall–Kier alpha value is -1.29. The minimum atomic E-state index is 0.133. The third-order valence-electron chi connectivity index (χ3n) is 3.77. The molecule has 1 aliphatic rings. The van der Waals surface area contributed by atoms with Gasteiger partial charge >= 0.3 is 0 Å². The highest BCUT2D eigenvalue weighted by Crippen LogP contribution is 2.30. The molecule has 1 amide bonds. The number of rotatable bonds is 5. The second-order valence-corrected chi connectivity index (χ2v) is 5.03. The summed E-state index contributed by atoms with van der Waals surface area (Å²) in [4.78, 5) is 12.0. The van der Waals surface area contributed by atoms with Gasteiger partial charge in [-0.25, -0.2) is 0 Å². The second kappa shape index (κ2) is 6.59. The van der Waals surface area contributed by atoms with E-state index in [1.54, 1.807) is 6.26 Å². The van der Waals surface area contributed by atoms with Crippen LogP contribution in [0.1, 0.15) is 37.9 Å². The number of hydrogen-bond acceptors (Lipinski definition) is 3. The Balaban J connectivity index is 1.70. The van der Waals surface area contributed by atoms with Gasteiger partial charge in [0.05, 0.1) is 12.8 Å². The average molecular weight is 251 g/mol. The van der Waals surface area contributed by atoms with Crippen LogP contribution in [0.4, 0.5) is 0 Å². The Morgan fingerprint density at radius 2 is 2.17 bits per heavy atom. The number of amides is 1. The van der Waals surface area contributed by atoms with Crippen molar-refractivity contribution in [1.29, 1.82) is 0 Å². The molecule has 1 aromatic rings. The van der Waals surface area contributed by atoms with Gasteiger partial charge in [-0.3, -0.25) is 4.79 Å². The Bertz CT molecular complexity index is 353. The molecular weight excluding hydrogens is 230 g/mol. The molecule has 4 heteroatoms. The van der Waals surface area contributed by atoms with Gasteiger partial charge in [0.25, 0.3) is 0 Å². The molecular formula is C14H21NO3. The first-order chi connectivity index (χ1) is 8.79. The SMILES string of the molecule is O=C(NCc1ccco1)C1CCC(CCO)CC1. The van der Waals surface area contributed by atoms with Crippen molar-refractivity contribution in [2.24, 2.45) is 11.8 Å². The molecule has 0 aromatic carbocycles. The summed E-state index contributed by atoms with van der Waals surface area (Å²) in [6.45, 7) is 0.739. The molecule has 1 saturated carbocycles. The normalized spacial score (nSPS) is 23.8. The molecule has 100 valence electrons. The minimum absolute atomic E-state index is 0.133. The maximum Gasteiger partial charge on any atom is 0.223 e. The maximum absolute atomic E-state index is 12.0. The molecule has 2 rings (SSSR count). The van der Waals surface area contributed by atoms with Crippen LogP contribution < -0.4 is 5.32 Å². The third kappa shape index (κ3) is 3.60. The summed E-state index contributed by atoms with van der Waals surface area (Å²) in [6.07, 6.45) is 6.48. The lowest BCUT2D eigenvalue weighted by Gasteiger charge is -2.27.